The van der Waals surface area contributed by atoms with Crippen molar-refractivity contribution in [1.29, 1.82) is 0 Å². The molecular formula is C15H16Cl2F2. The molecule has 4 atom stereocenters. The lowest BCUT2D eigenvalue weighted by molar-refractivity contribution is 0.311. The molecule has 2 fully saturated rings. The van der Waals surface area contributed by atoms with Crippen molar-refractivity contribution < 1.29 is 8.78 Å². The third kappa shape index (κ3) is 2.62. The third-order valence-electron chi connectivity index (χ3n) is 4.77. The van der Waals surface area contributed by atoms with Gasteiger partial charge in [-0.1, -0.05) is 18.0 Å². The predicted octanol–water partition coefficient (Wildman–Crippen LogP) is 5.72. The summed E-state index contributed by atoms with van der Waals surface area (Å²) in [6, 6.07) is 2.16. The van der Waals surface area contributed by atoms with Crippen molar-refractivity contribution in [3.05, 3.63) is 34.4 Å². The molecule has 0 heterocycles. The highest BCUT2D eigenvalue weighted by Gasteiger charge is 2.40. The Morgan fingerprint density at radius 2 is 1.89 bits per heavy atom. The molecular weight excluding hydrogens is 289 g/mol. The Morgan fingerprint density at radius 1 is 1.16 bits per heavy atom. The maximum atomic E-state index is 13.3. The number of halogens is 4. The fourth-order valence-electron chi connectivity index (χ4n) is 3.84. The zero-order valence-electron chi connectivity index (χ0n) is 10.5. The summed E-state index contributed by atoms with van der Waals surface area (Å²) in [5, 5.41) is -0.103. The maximum Gasteiger partial charge on any atom is 0.160 e. The Balaban J connectivity index is 1.73. The number of rotatable bonds is 3. The first-order valence-corrected chi connectivity index (χ1v) is 7.64. The van der Waals surface area contributed by atoms with Crippen LogP contribution in [0.3, 0.4) is 0 Å². The zero-order valence-corrected chi connectivity index (χ0v) is 12.0. The van der Waals surface area contributed by atoms with Gasteiger partial charge in [0.2, 0.25) is 0 Å². The number of benzene rings is 1. The fourth-order valence-corrected chi connectivity index (χ4v) is 4.58. The van der Waals surface area contributed by atoms with Gasteiger partial charge in [0.05, 0.1) is 5.38 Å². The Morgan fingerprint density at radius 3 is 2.53 bits per heavy atom. The van der Waals surface area contributed by atoms with Crippen molar-refractivity contribution in [2.45, 2.75) is 37.5 Å². The van der Waals surface area contributed by atoms with Gasteiger partial charge in [-0.3, -0.25) is 0 Å². The normalized spacial score (nSPS) is 30.8. The third-order valence-corrected chi connectivity index (χ3v) is 5.51. The Bertz CT molecular complexity index is 489. The quantitative estimate of drug-likeness (QED) is 0.494. The molecule has 3 rings (SSSR count). The summed E-state index contributed by atoms with van der Waals surface area (Å²) in [6.07, 6.45) is 6.01. The predicted molar refractivity (Wildman–Crippen MR) is 73.5 cm³/mol. The molecule has 19 heavy (non-hydrogen) atoms. The molecule has 1 aromatic carbocycles. The Labute approximate surface area is 122 Å². The molecule has 0 N–H and O–H groups in total. The van der Waals surface area contributed by atoms with E-state index in [1.165, 1.54) is 25.7 Å². The van der Waals surface area contributed by atoms with Crippen molar-refractivity contribution in [3.63, 3.8) is 0 Å². The first-order chi connectivity index (χ1) is 9.04. The molecule has 104 valence electrons. The van der Waals surface area contributed by atoms with Crippen LogP contribution in [-0.4, -0.2) is 0 Å². The van der Waals surface area contributed by atoms with Gasteiger partial charge >= 0.3 is 0 Å². The first-order valence-electron chi connectivity index (χ1n) is 6.83. The van der Waals surface area contributed by atoms with Crippen LogP contribution in [0.1, 0.15) is 43.0 Å². The highest BCUT2D eigenvalue weighted by atomic mass is 35.5. The van der Waals surface area contributed by atoms with Crippen LogP contribution in [0.2, 0.25) is 5.02 Å². The van der Waals surface area contributed by atoms with Crippen molar-refractivity contribution in [2.75, 3.05) is 0 Å². The van der Waals surface area contributed by atoms with Gasteiger partial charge in [0, 0.05) is 5.02 Å². The minimum Gasteiger partial charge on any atom is -0.204 e. The van der Waals surface area contributed by atoms with Crippen molar-refractivity contribution >= 4 is 23.2 Å². The smallest absolute Gasteiger partial charge is 0.160 e. The van der Waals surface area contributed by atoms with Crippen LogP contribution in [0.15, 0.2) is 12.1 Å². The summed E-state index contributed by atoms with van der Waals surface area (Å²) in [7, 11) is 0. The second kappa shape index (κ2) is 5.21. The molecule has 0 spiro atoms. The average Bonchev–Trinajstić information content (AvgIpc) is 2.95. The standard InChI is InChI=1S/C15H16Cl2F2/c16-12(5-10-4-8-1-2-9(10)3-8)11-6-14(18)15(19)7-13(11)17/h6-10,12H,1-5H2. The molecule has 2 saturated carbocycles. The van der Waals surface area contributed by atoms with Crippen LogP contribution in [0.5, 0.6) is 0 Å². The molecule has 2 aliphatic carbocycles. The molecule has 4 heteroatoms. The minimum atomic E-state index is -0.919. The van der Waals surface area contributed by atoms with Crippen LogP contribution in [0.25, 0.3) is 0 Å². The lowest BCUT2D eigenvalue weighted by atomic mass is 9.84. The van der Waals surface area contributed by atoms with Gasteiger partial charge in [-0.25, -0.2) is 8.78 Å². The summed E-state index contributed by atoms with van der Waals surface area (Å²) in [5.41, 5.74) is 0.519. The molecule has 2 bridgehead atoms. The van der Waals surface area contributed by atoms with Gasteiger partial charge in [0.15, 0.2) is 11.6 Å². The number of hydrogen-bond acceptors (Lipinski definition) is 0. The van der Waals surface area contributed by atoms with E-state index in [1.807, 2.05) is 0 Å². The highest BCUT2D eigenvalue weighted by Crippen LogP contribution is 2.52. The van der Waals surface area contributed by atoms with E-state index in [-0.39, 0.29) is 10.4 Å². The molecule has 2 aliphatic rings. The van der Waals surface area contributed by atoms with Gasteiger partial charge in [-0.05, 0) is 61.1 Å². The Hall–Kier alpha value is -0.340. The molecule has 0 saturated heterocycles. The second-order valence-electron chi connectivity index (χ2n) is 5.93. The number of alkyl halides is 1. The SMILES string of the molecule is Fc1cc(Cl)c(C(Cl)CC2CC3CCC2C3)cc1F. The van der Waals surface area contributed by atoms with Crippen molar-refractivity contribution in [2.24, 2.45) is 17.8 Å². The van der Waals surface area contributed by atoms with Crippen molar-refractivity contribution in [3.8, 4) is 0 Å². The molecule has 0 aliphatic heterocycles. The topological polar surface area (TPSA) is 0 Å². The van der Waals surface area contributed by atoms with E-state index in [0.29, 0.717) is 11.5 Å². The molecule has 0 aromatic heterocycles. The van der Waals surface area contributed by atoms with E-state index < -0.39 is 11.6 Å². The van der Waals surface area contributed by atoms with Gasteiger partial charge < -0.3 is 0 Å². The summed E-state index contributed by atoms with van der Waals surface area (Å²) < 4.78 is 26.3. The minimum absolute atomic E-state index is 0.224. The maximum absolute atomic E-state index is 13.3. The molecule has 0 amide bonds. The molecule has 0 nitrogen and oxygen atoms in total. The van der Waals surface area contributed by atoms with Crippen LogP contribution in [0.4, 0.5) is 8.78 Å². The van der Waals surface area contributed by atoms with Crippen LogP contribution in [-0.2, 0) is 0 Å². The zero-order chi connectivity index (χ0) is 13.6. The largest absolute Gasteiger partial charge is 0.204 e. The van der Waals surface area contributed by atoms with Crippen molar-refractivity contribution in [1.82, 2.24) is 0 Å². The van der Waals surface area contributed by atoms with Gasteiger partial charge in [-0.15, -0.1) is 11.6 Å². The lowest BCUT2D eigenvalue weighted by Gasteiger charge is -2.24. The summed E-state index contributed by atoms with van der Waals surface area (Å²) in [5.74, 6) is 0.454. The van der Waals surface area contributed by atoms with E-state index in [2.05, 4.69) is 0 Å². The van der Waals surface area contributed by atoms with Crippen LogP contribution < -0.4 is 0 Å². The van der Waals surface area contributed by atoms with E-state index in [1.54, 1.807) is 0 Å². The molecule has 0 radical (unpaired) electrons. The van der Waals surface area contributed by atoms with Crippen LogP contribution in [0, 0.1) is 29.4 Å². The van der Waals surface area contributed by atoms with E-state index in [4.69, 9.17) is 23.2 Å². The van der Waals surface area contributed by atoms with Gasteiger partial charge in [-0.2, -0.15) is 0 Å². The summed E-state index contributed by atoms with van der Waals surface area (Å²) >= 11 is 12.3. The summed E-state index contributed by atoms with van der Waals surface area (Å²) in [6.45, 7) is 0. The molecule has 1 aromatic rings. The summed E-state index contributed by atoms with van der Waals surface area (Å²) in [4.78, 5) is 0. The Kier molecular flexibility index (Phi) is 3.74. The number of hydrogen-bond donors (Lipinski definition) is 0. The van der Waals surface area contributed by atoms with Gasteiger partial charge in [0.25, 0.3) is 0 Å². The monoisotopic (exact) mass is 304 g/mol. The lowest BCUT2D eigenvalue weighted by Crippen LogP contribution is -2.12. The van der Waals surface area contributed by atoms with E-state index in [9.17, 15) is 8.78 Å². The highest BCUT2D eigenvalue weighted by molar-refractivity contribution is 6.32. The first kappa shape index (κ1) is 13.6. The average molecular weight is 305 g/mol. The molecule has 4 unspecified atom stereocenters. The van der Waals surface area contributed by atoms with Crippen LogP contribution >= 0.6 is 23.2 Å². The van der Waals surface area contributed by atoms with E-state index >= 15 is 0 Å². The second-order valence-corrected chi connectivity index (χ2v) is 6.86. The number of fused-ring (bicyclic) bond motifs is 2. The van der Waals surface area contributed by atoms with E-state index in [0.717, 1.165) is 30.4 Å². The fraction of sp³-hybridized carbons (Fsp3) is 0.600. The van der Waals surface area contributed by atoms with Gasteiger partial charge in [0.1, 0.15) is 0 Å².